The Morgan fingerprint density at radius 1 is 1.29 bits per heavy atom. The van der Waals surface area contributed by atoms with Gasteiger partial charge in [0.25, 0.3) is 5.91 Å². The summed E-state index contributed by atoms with van der Waals surface area (Å²) in [4.78, 5) is 25.9. The van der Waals surface area contributed by atoms with Crippen LogP contribution in [0.15, 0.2) is 18.2 Å². The molecule has 2 rings (SSSR count). The lowest BCUT2D eigenvalue weighted by atomic mass is 10.2. The topological polar surface area (TPSA) is 99.2 Å². The molecule has 0 spiro atoms. The molecule has 0 radical (unpaired) electrons. The van der Waals surface area contributed by atoms with Gasteiger partial charge in [0.1, 0.15) is 0 Å². The molecule has 0 saturated carbocycles. The van der Waals surface area contributed by atoms with Gasteiger partial charge in [-0.1, -0.05) is 0 Å². The number of esters is 1. The fourth-order valence-corrected chi connectivity index (χ4v) is 4.67. The second kappa shape index (κ2) is 9.18. The van der Waals surface area contributed by atoms with Gasteiger partial charge in [-0.25, -0.2) is 13.2 Å². The first-order chi connectivity index (χ1) is 13.2. The smallest absolute Gasteiger partial charge is 0.387 e. The van der Waals surface area contributed by atoms with Crippen LogP contribution in [0.25, 0.3) is 0 Å². The molecule has 1 aromatic carbocycles. The first-order valence-electron chi connectivity index (χ1n) is 8.46. The molecule has 8 nitrogen and oxygen atoms in total. The standard InChI is InChI=1S/C17H21F2NO7S/c1-3-20(12-6-7-28(23,24)10-12)15(21)9-26-16(22)11-4-5-13(27-17(18)19)14(8-11)25-2/h4-5,8,12,17H,3,6-7,9-10H2,1-2H3/t12-/m1/s1. The Bertz CT molecular complexity index is 829. The number of carbonyl (C=O) groups excluding carboxylic acids is 2. The predicted octanol–water partition coefficient (Wildman–Crippen LogP) is 1.49. The third-order valence-electron chi connectivity index (χ3n) is 4.25. The molecule has 0 unspecified atom stereocenters. The Hall–Kier alpha value is -2.43. The monoisotopic (exact) mass is 421 g/mol. The third kappa shape index (κ3) is 5.54. The molecule has 1 aliphatic rings. The van der Waals surface area contributed by atoms with Crippen LogP contribution in [0.3, 0.4) is 0 Å². The summed E-state index contributed by atoms with van der Waals surface area (Å²) in [5.74, 6) is -1.79. The summed E-state index contributed by atoms with van der Waals surface area (Å²) in [6, 6.07) is 3.05. The van der Waals surface area contributed by atoms with Crippen molar-refractivity contribution in [2.75, 3.05) is 31.8 Å². The molecule has 28 heavy (non-hydrogen) atoms. The second-order valence-electron chi connectivity index (χ2n) is 6.06. The quantitative estimate of drug-likeness (QED) is 0.587. The average Bonchev–Trinajstić information content (AvgIpc) is 2.99. The van der Waals surface area contributed by atoms with E-state index in [-0.39, 0.29) is 35.1 Å². The van der Waals surface area contributed by atoms with Gasteiger partial charge in [0.05, 0.1) is 24.2 Å². The molecule has 1 heterocycles. The van der Waals surface area contributed by atoms with E-state index in [2.05, 4.69) is 4.74 Å². The molecule has 1 aromatic rings. The van der Waals surface area contributed by atoms with Crippen molar-refractivity contribution in [2.45, 2.75) is 26.0 Å². The van der Waals surface area contributed by atoms with Crippen molar-refractivity contribution in [3.63, 3.8) is 0 Å². The van der Waals surface area contributed by atoms with Gasteiger partial charge in [-0.15, -0.1) is 0 Å². The van der Waals surface area contributed by atoms with Gasteiger partial charge in [-0.3, -0.25) is 4.79 Å². The first-order valence-corrected chi connectivity index (χ1v) is 10.3. The van der Waals surface area contributed by atoms with E-state index in [9.17, 15) is 26.8 Å². The highest BCUT2D eigenvalue weighted by atomic mass is 32.2. The number of alkyl halides is 2. The van der Waals surface area contributed by atoms with Crippen LogP contribution in [0.1, 0.15) is 23.7 Å². The Labute approximate surface area is 161 Å². The number of nitrogens with zero attached hydrogens (tertiary/aromatic N) is 1. The maximum atomic E-state index is 12.3. The molecule has 0 aromatic heterocycles. The second-order valence-corrected chi connectivity index (χ2v) is 8.29. The van der Waals surface area contributed by atoms with E-state index in [1.165, 1.54) is 18.1 Å². The molecule has 1 fully saturated rings. The minimum Gasteiger partial charge on any atom is -0.493 e. The van der Waals surface area contributed by atoms with E-state index in [0.717, 1.165) is 12.1 Å². The van der Waals surface area contributed by atoms with E-state index in [0.29, 0.717) is 6.42 Å². The number of hydrogen-bond donors (Lipinski definition) is 0. The summed E-state index contributed by atoms with van der Waals surface area (Å²) in [5.41, 5.74) is -0.0160. The molecular formula is C17H21F2NO7S. The fraction of sp³-hybridized carbons (Fsp3) is 0.529. The predicted molar refractivity (Wildman–Crippen MR) is 94.4 cm³/mol. The third-order valence-corrected chi connectivity index (χ3v) is 6.00. The van der Waals surface area contributed by atoms with Crippen LogP contribution in [0, 0.1) is 0 Å². The molecule has 0 aliphatic carbocycles. The lowest BCUT2D eigenvalue weighted by molar-refractivity contribution is -0.136. The van der Waals surface area contributed by atoms with E-state index in [4.69, 9.17) is 9.47 Å². The van der Waals surface area contributed by atoms with E-state index in [1.54, 1.807) is 6.92 Å². The first kappa shape index (κ1) is 21.9. The minimum absolute atomic E-state index is 0.0160. The van der Waals surface area contributed by atoms with Crippen molar-refractivity contribution in [3.05, 3.63) is 23.8 Å². The Morgan fingerprint density at radius 2 is 2.00 bits per heavy atom. The average molecular weight is 421 g/mol. The zero-order chi connectivity index (χ0) is 20.9. The number of hydrogen-bond acceptors (Lipinski definition) is 7. The van der Waals surface area contributed by atoms with Gasteiger partial charge in [0, 0.05) is 12.6 Å². The summed E-state index contributed by atoms with van der Waals surface area (Å²) in [6.45, 7) is -1.63. The number of carbonyl (C=O) groups is 2. The van der Waals surface area contributed by atoms with Crippen molar-refractivity contribution >= 4 is 21.7 Å². The molecule has 11 heteroatoms. The fourth-order valence-electron chi connectivity index (χ4n) is 2.94. The van der Waals surface area contributed by atoms with Gasteiger partial charge in [-0.2, -0.15) is 8.78 Å². The molecule has 0 bridgehead atoms. The molecule has 0 N–H and O–H groups in total. The number of sulfone groups is 1. The zero-order valence-corrected chi connectivity index (χ0v) is 16.2. The van der Waals surface area contributed by atoms with E-state index in [1.807, 2.05) is 0 Å². The summed E-state index contributed by atoms with van der Waals surface area (Å²) in [6.07, 6.45) is 0.346. The van der Waals surface area contributed by atoms with Gasteiger partial charge in [0.15, 0.2) is 27.9 Å². The summed E-state index contributed by atoms with van der Waals surface area (Å²) in [5, 5.41) is 0. The minimum atomic E-state index is -3.16. The van der Waals surface area contributed by atoms with Crippen LogP contribution in [-0.2, 0) is 19.4 Å². The summed E-state index contributed by atoms with van der Waals surface area (Å²) < 4.78 is 62.0. The van der Waals surface area contributed by atoms with Gasteiger partial charge in [-0.05, 0) is 31.5 Å². The number of likely N-dealkylation sites (N-methyl/N-ethyl adjacent to an activating group) is 1. The Kier molecular flexibility index (Phi) is 7.17. The van der Waals surface area contributed by atoms with Gasteiger partial charge >= 0.3 is 12.6 Å². The molecule has 1 atom stereocenters. The maximum Gasteiger partial charge on any atom is 0.387 e. The van der Waals surface area contributed by atoms with Crippen LogP contribution < -0.4 is 9.47 Å². The van der Waals surface area contributed by atoms with Crippen molar-refractivity contribution in [3.8, 4) is 11.5 Å². The lowest BCUT2D eigenvalue weighted by Crippen LogP contribution is -2.43. The number of halogens is 2. The van der Waals surface area contributed by atoms with Crippen molar-refractivity contribution in [1.29, 1.82) is 0 Å². The van der Waals surface area contributed by atoms with Crippen LogP contribution in [0.2, 0.25) is 0 Å². The molecular weight excluding hydrogens is 400 g/mol. The highest BCUT2D eigenvalue weighted by Crippen LogP contribution is 2.29. The maximum absolute atomic E-state index is 12.3. The van der Waals surface area contributed by atoms with Crippen LogP contribution in [-0.4, -0.2) is 69.6 Å². The summed E-state index contributed by atoms with van der Waals surface area (Å²) in [7, 11) is -1.94. The molecule has 1 aliphatic heterocycles. The lowest BCUT2D eigenvalue weighted by Gasteiger charge is -2.26. The largest absolute Gasteiger partial charge is 0.493 e. The number of methoxy groups -OCH3 is 1. The number of ether oxygens (including phenoxy) is 3. The number of amides is 1. The van der Waals surface area contributed by atoms with Crippen molar-refractivity contribution in [1.82, 2.24) is 4.90 Å². The Balaban J connectivity index is 1.99. The van der Waals surface area contributed by atoms with Gasteiger partial charge < -0.3 is 19.1 Å². The molecule has 156 valence electrons. The zero-order valence-electron chi connectivity index (χ0n) is 15.4. The SMILES string of the molecule is CCN(C(=O)COC(=O)c1ccc(OC(F)F)c(OC)c1)[C@@H]1CCS(=O)(=O)C1. The van der Waals surface area contributed by atoms with Crippen molar-refractivity contribution < 1.29 is 41.0 Å². The van der Waals surface area contributed by atoms with Crippen molar-refractivity contribution in [2.24, 2.45) is 0 Å². The van der Waals surface area contributed by atoms with Crippen LogP contribution in [0.4, 0.5) is 8.78 Å². The number of rotatable bonds is 8. The normalized spacial score (nSPS) is 18.0. The van der Waals surface area contributed by atoms with Crippen LogP contribution >= 0.6 is 0 Å². The van der Waals surface area contributed by atoms with Gasteiger partial charge in [0.2, 0.25) is 0 Å². The highest BCUT2D eigenvalue weighted by molar-refractivity contribution is 7.91. The summed E-state index contributed by atoms with van der Waals surface area (Å²) >= 11 is 0. The van der Waals surface area contributed by atoms with E-state index >= 15 is 0 Å². The molecule has 1 amide bonds. The van der Waals surface area contributed by atoms with E-state index < -0.39 is 41.0 Å². The van der Waals surface area contributed by atoms with Crippen LogP contribution in [0.5, 0.6) is 11.5 Å². The Morgan fingerprint density at radius 3 is 2.54 bits per heavy atom. The highest BCUT2D eigenvalue weighted by Gasteiger charge is 2.34. The molecule has 1 saturated heterocycles. The number of benzene rings is 1.